The molecule has 1 aromatic heterocycles. The third-order valence-corrected chi connectivity index (χ3v) is 5.20. The summed E-state index contributed by atoms with van der Waals surface area (Å²) in [6.45, 7) is 1.90. The van der Waals surface area contributed by atoms with E-state index in [1.165, 1.54) is 25.7 Å². The van der Waals surface area contributed by atoms with Gasteiger partial charge in [0.15, 0.2) is 5.13 Å². The predicted octanol–water partition coefficient (Wildman–Crippen LogP) is 3.94. The van der Waals surface area contributed by atoms with Crippen LogP contribution in [0.3, 0.4) is 0 Å². The fourth-order valence-electron chi connectivity index (χ4n) is 2.93. The molecule has 0 bridgehead atoms. The number of rotatable bonds is 4. The quantitative estimate of drug-likeness (QED) is 0.840. The second-order valence-corrected chi connectivity index (χ2v) is 7.08. The number of amides is 1. The first kappa shape index (κ1) is 15.3. The monoisotopic (exact) mass is 317 g/mol. The van der Waals surface area contributed by atoms with E-state index in [0.717, 1.165) is 28.2 Å². The highest BCUT2D eigenvalue weighted by Gasteiger charge is 2.19. The first-order valence-electron chi connectivity index (χ1n) is 8.15. The number of benzene rings is 1. The molecule has 1 heterocycles. The SMILES string of the molecule is C[C@H](Nc1nc2ccccc2s1)C(=O)NC1CCCCCC1. The molecule has 118 valence electrons. The molecule has 3 rings (SSSR count). The summed E-state index contributed by atoms with van der Waals surface area (Å²) < 4.78 is 1.14. The van der Waals surface area contributed by atoms with Crippen LogP contribution in [0.5, 0.6) is 0 Å². The van der Waals surface area contributed by atoms with Crippen LogP contribution in [0.2, 0.25) is 0 Å². The Morgan fingerprint density at radius 1 is 1.23 bits per heavy atom. The molecule has 0 saturated heterocycles. The van der Waals surface area contributed by atoms with Crippen LogP contribution in [0.1, 0.15) is 45.4 Å². The van der Waals surface area contributed by atoms with Gasteiger partial charge in [0.2, 0.25) is 5.91 Å². The van der Waals surface area contributed by atoms with Crippen molar-refractivity contribution in [3.63, 3.8) is 0 Å². The summed E-state index contributed by atoms with van der Waals surface area (Å²) in [5.74, 6) is 0.0751. The summed E-state index contributed by atoms with van der Waals surface area (Å²) in [4.78, 5) is 16.9. The summed E-state index contributed by atoms with van der Waals surface area (Å²) in [5.41, 5.74) is 0.978. The maximum Gasteiger partial charge on any atom is 0.242 e. The van der Waals surface area contributed by atoms with E-state index in [2.05, 4.69) is 21.7 Å². The molecule has 22 heavy (non-hydrogen) atoms. The summed E-state index contributed by atoms with van der Waals surface area (Å²) in [7, 11) is 0. The summed E-state index contributed by atoms with van der Waals surface area (Å²) >= 11 is 1.59. The molecule has 4 nitrogen and oxygen atoms in total. The molecule has 1 fully saturated rings. The van der Waals surface area contributed by atoms with Gasteiger partial charge < -0.3 is 10.6 Å². The number of hydrogen-bond acceptors (Lipinski definition) is 4. The van der Waals surface area contributed by atoms with E-state index < -0.39 is 0 Å². The molecule has 1 aliphatic carbocycles. The lowest BCUT2D eigenvalue weighted by atomic mass is 10.1. The van der Waals surface area contributed by atoms with Crippen LogP contribution in [0.4, 0.5) is 5.13 Å². The number of fused-ring (bicyclic) bond motifs is 1. The second kappa shape index (κ2) is 7.09. The van der Waals surface area contributed by atoms with Crippen LogP contribution in [-0.4, -0.2) is 23.0 Å². The number of carbonyl (C=O) groups is 1. The number of para-hydroxylation sites is 1. The molecule has 5 heteroatoms. The molecular weight excluding hydrogens is 294 g/mol. The van der Waals surface area contributed by atoms with Gasteiger partial charge in [-0.15, -0.1) is 0 Å². The van der Waals surface area contributed by atoms with E-state index in [1.54, 1.807) is 11.3 Å². The van der Waals surface area contributed by atoms with Crippen molar-refractivity contribution in [1.29, 1.82) is 0 Å². The van der Waals surface area contributed by atoms with E-state index in [-0.39, 0.29) is 11.9 Å². The maximum atomic E-state index is 12.3. The summed E-state index contributed by atoms with van der Waals surface area (Å²) in [5, 5.41) is 7.23. The molecule has 1 saturated carbocycles. The molecule has 1 aliphatic rings. The van der Waals surface area contributed by atoms with Crippen LogP contribution >= 0.6 is 11.3 Å². The number of aromatic nitrogens is 1. The number of nitrogens with zero attached hydrogens (tertiary/aromatic N) is 1. The minimum Gasteiger partial charge on any atom is -0.352 e. The lowest BCUT2D eigenvalue weighted by molar-refractivity contribution is -0.122. The maximum absolute atomic E-state index is 12.3. The Morgan fingerprint density at radius 2 is 1.95 bits per heavy atom. The topological polar surface area (TPSA) is 54.0 Å². The van der Waals surface area contributed by atoms with Crippen molar-refractivity contribution in [3.8, 4) is 0 Å². The van der Waals surface area contributed by atoms with Gasteiger partial charge in [0.1, 0.15) is 6.04 Å². The van der Waals surface area contributed by atoms with Crippen molar-refractivity contribution >= 4 is 32.6 Å². The number of thiazole rings is 1. The average Bonchev–Trinajstić information content (AvgIpc) is 2.74. The lowest BCUT2D eigenvalue weighted by Crippen LogP contribution is -2.43. The Balaban J connectivity index is 1.58. The van der Waals surface area contributed by atoms with Gasteiger partial charge in [-0.2, -0.15) is 0 Å². The van der Waals surface area contributed by atoms with E-state index in [0.29, 0.717) is 6.04 Å². The molecule has 0 aliphatic heterocycles. The van der Waals surface area contributed by atoms with Crippen LogP contribution < -0.4 is 10.6 Å². The van der Waals surface area contributed by atoms with Crippen molar-refractivity contribution in [2.45, 2.75) is 57.5 Å². The minimum absolute atomic E-state index is 0.0751. The Kier molecular flexibility index (Phi) is 4.93. The Morgan fingerprint density at radius 3 is 2.68 bits per heavy atom. The molecule has 0 spiro atoms. The van der Waals surface area contributed by atoms with Gasteiger partial charge >= 0.3 is 0 Å². The average molecular weight is 317 g/mol. The van der Waals surface area contributed by atoms with Crippen molar-refractivity contribution < 1.29 is 4.79 Å². The Bertz CT molecular complexity index is 599. The van der Waals surface area contributed by atoms with Crippen LogP contribution in [0.25, 0.3) is 10.2 Å². The fourth-order valence-corrected chi connectivity index (χ4v) is 3.89. The molecular formula is C17H23N3OS. The van der Waals surface area contributed by atoms with E-state index in [4.69, 9.17) is 0 Å². The normalized spacial score (nSPS) is 17.9. The Hall–Kier alpha value is -1.62. The standard InChI is InChI=1S/C17H23N3OS/c1-12(16(21)19-13-8-4-2-3-5-9-13)18-17-20-14-10-6-7-11-15(14)22-17/h6-7,10-13H,2-5,8-9H2,1H3,(H,18,20)(H,19,21)/t12-/m0/s1. The van der Waals surface area contributed by atoms with Crippen molar-refractivity contribution in [3.05, 3.63) is 24.3 Å². The molecule has 0 radical (unpaired) electrons. The first-order valence-corrected chi connectivity index (χ1v) is 8.96. The minimum atomic E-state index is -0.260. The predicted molar refractivity (Wildman–Crippen MR) is 92.3 cm³/mol. The highest BCUT2D eigenvalue weighted by Crippen LogP contribution is 2.26. The van der Waals surface area contributed by atoms with Gasteiger partial charge in [-0.3, -0.25) is 4.79 Å². The van der Waals surface area contributed by atoms with Gasteiger partial charge in [0.05, 0.1) is 10.2 Å². The Labute approximate surface area is 135 Å². The van der Waals surface area contributed by atoms with Crippen LogP contribution in [0, 0.1) is 0 Å². The summed E-state index contributed by atoms with van der Waals surface area (Å²) in [6, 6.07) is 8.11. The molecule has 1 aromatic carbocycles. The lowest BCUT2D eigenvalue weighted by Gasteiger charge is -2.19. The zero-order valence-electron chi connectivity index (χ0n) is 13.0. The number of carbonyl (C=O) groups excluding carboxylic acids is 1. The van der Waals surface area contributed by atoms with Crippen LogP contribution in [-0.2, 0) is 4.79 Å². The van der Waals surface area contributed by atoms with E-state index in [1.807, 2.05) is 25.1 Å². The van der Waals surface area contributed by atoms with Crippen molar-refractivity contribution in [2.75, 3.05) is 5.32 Å². The number of anilines is 1. The number of hydrogen-bond donors (Lipinski definition) is 2. The van der Waals surface area contributed by atoms with Gasteiger partial charge in [-0.1, -0.05) is 49.2 Å². The van der Waals surface area contributed by atoms with Gasteiger partial charge in [-0.25, -0.2) is 4.98 Å². The van der Waals surface area contributed by atoms with Crippen molar-refractivity contribution in [2.24, 2.45) is 0 Å². The van der Waals surface area contributed by atoms with Gasteiger partial charge in [0.25, 0.3) is 0 Å². The number of nitrogens with one attached hydrogen (secondary N) is 2. The van der Waals surface area contributed by atoms with Gasteiger partial charge in [0, 0.05) is 6.04 Å². The largest absolute Gasteiger partial charge is 0.352 e. The zero-order chi connectivity index (χ0) is 15.4. The van der Waals surface area contributed by atoms with Crippen molar-refractivity contribution in [1.82, 2.24) is 10.3 Å². The van der Waals surface area contributed by atoms with Gasteiger partial charge in [-0.05, 0) is 31.9 Å². The molecule has 2 aromatic rings. The third-order valence-electron chi connectivity index (χ3n) is 4.23. The van der Waals surface area contributed by atoms with E-state index in [9.17, 15) is 4.79 Å². The van der Waals surface area contributed by atoms with Crippen LogP contribution in [0.15, 0.2) is 24.3 Å². The molecule has 1 atom stereocenters. The molecule has 0 unspecified atom stereocenters. The molecule has 2 N–H and O–H groups in total. The fraction of sp³-hybridized carbons (Fsp3) is 0.529. The smallest absolute Gasteiger partial charge is 0.242 e. The summed E-state index contributed by atoms with van der Waals surface area (Å²) in [6.07, 6.45) is 7.27. The second-order valence-electron chi connectivity index (χ2n) is 6.05. The highest BCUT2D eigenvalue weighted by atomic mass is 32.1. The highest BCUT2D eigenvalue weighted by molar-refractivity contribution is 7.22. The first-order chi connectivity index (χ1) is 10.7. The third kappa shape index (κ3) is 3.77. The van der Waals surface area contributed by atoms with E-state index >= 15 is 0 Å². The zero-order valence-corrected chi connectivity index (χ0v) is 13.8. The molecule has 1 amide bonds.